The third kappa shape index (κ3) is 6.26. The zero-order valence-corrected chi connectivity index (χ0v) is 16.7. The highest BCUT2D eigenvalue weighted by molar-refractivity contribution is 9.10. The Labute approximate surface area is 160 Å². The van der Waals surface area contributed by atoms with Crippen LogP contribution < -0.4 is 10.6 Å². The summed E-state index contributed by atoms with van der Waals surface area (Å²) in [5.74, 6) is -0.247. The number of hydrogen-bond acceptors (Lipinski definition) is 4. The number of carbonyl (C=O) groups is 2. The average Bonchev–Trinajstić information content (AvgIpc) is 3.09. The van der Waals surface area contributed by atoms with Gasteiger partial charge in [-0.25, -0.2) is 0 Å². The van der Waals surface area contributed by atoms with Crippen molar-refractivity contribution in [2.75, 3.05) is 27.2 Å². The van der Waals surface area contributed by atoms with Crippen LogP contribution in [-0.2, 0) is 4.79 Å². The second-order valence-electron chi connectivity index (χ2n) is 5.85. The van der Waals surface area contributed by atoms with Crippen molar-refractivity contribution < 1.29 is 9.59 Å². The fraction of sp³-hybridized carbons (Fsp3) is 0.333. The minimum atomic E-state index is -0.176. The van der Waals surface area contributed by atoms with Crippen LogP contribution in [-0.4, -0.2) is 43.9 Å². The van der Waals surface area contributed by atoms with Gasteiger partial charge in [-0.15, -0.1) is 0 Å². The van der Waals surface area contributed by atoms with Crippen molar-refractivity contribution in [1.82, 2.24) is 15.5 Å². The standard InChI is InChI=1S/C18H22BrN3O2S/c1-22(2)16(14-8-10-25-12-14)11-21-17(23)7-9-20-18(24)13-3-5-15(19)6-4-13/h3-6,8,10,12,16H,7,9,11H2,1-2H3,(H,20,24)(H,21,23)/t16-/m0/s1. The molecule has 1 aromatic carbocycles. The predicted molar refractivity (Wildman–Crippen MR) is 105 cm³/mol. The molecule has 1 atom stereocenters. The molecule has 2 aromatic rings. The van der Waals surface area contributed by atoms with E-state index in [2.05, 4.69) is 42.9 Å². The van der Waals surface area contributed by atoms with Crippen molar-refractivity contribution in [3.63, 3.8) is 0 Å². The van der Waals surface area contributed by atoms with E-state index in [1.165, 1.54) is 5.56 Å². The Balaban J connectivity index is 1.73. The molecule has 7 heteroatoms. The zero-order valence-electron chi connectivity index (χ0n) is 14.3. The van der Waals surface area contributed by atoms with Crippen molar-refractivity contribution in [2.45, 2.75) is 12.5 Å². The molecular weight excluding hydrogens is 402 g/mol. The van der Waals surface area contributed by atoms with Crippen LogP contribution in [0.25, 0.3) is 0 Å². The molecule has 0 fully saturated rings. The van der Waals surface area contributed by atoms with E-state index in [1.54, 1.807) is 23.5 Å². The maximum absolute atomic E-state index is 12.0. The second kappa shape index (κ2) is 9.70. The molecule has 0 spiro atoms. The summed E-state index contributed by atoms with van der Waals surface area (Å²) < 4.78 is 0.921. The van der Waals surface area contributed by atoms with Gasteiger partial charge in [0.25, 0.3) is 5.91 Å². The fourth-order valence-electron chi connectivity index (χ4n) is 2.35. The third-order valence-electron chi connectivity index (χ3n) is 3.79. The summed E-state index contributed by atoms with van der Waals surface area (Å²) in [7, 11) is 3.99. The molecule has 5 nitrogen and oxygen atoms in total. The monoisotopic (exact) mass is 423 g/mol. The van der Waals surface area contributed by atoms with Crippen LogP contribution in [0, 0.1) is 0 Å². The minimum absolute atomic E-state index is 0.0711. The molecule has 1 aromatic heterocycles. The molecule has 0 aliphatic heterocycles. The number of thiophene rings is 1. The van der Waals surface area contributed by atoms with E-state index in [9.17, 15) is 9.59 Å². The minimum Gasteiger partial charge on any atom is -0.354 e. The van der Waals surface area contributed by atoms with Crippen LogP contribution in [0.4, 0.5) is 0 Å². The Morgan fingerprint density at radius 3 is 2.48 bits per heavy atom. The summed E-state index contributed by atoms with van der Waals surface area (Å²) in [6, 6.07) is 9.32. The van der Waals surface area contributed by atoms with E-state index >= 15 is 0 Å². The molecule has 0 saturated heterocycles. The highest BCUT2D eigenvalue weighted by Crippen LogP contribution is 2.19. The Bertz CT molecular complexity index is 687. The summed E-state index contributed by atoms with van der Waals surface area (Å²) in [4.78, 5) is 26.1. The van der Waals surface area contributed by atoms with Crippen molar-refractivity contribution in [1.29, 1.82) is 0 Å². The zero-order chi connectivity index (χ0) is 18.2. The van der Waals surface area contributed by atoms with Gasteiger partial charge in [-0.2, -0.15) is 11.3 Å². The highest BCUT2D eigenvalue weighted by Gasteiger charge is 2.15. The maximum Gasteiger partial charge on any atom is 0.251 e. The molecule has 134 valence electrons. The molecule has 0 aliphatic carbocycles. The third-order valence-corrected chi connectivity index (χ3v) is 5.02. The number of carbonyl (C=O) groups excluding carboxylic acids is 2. The largest absolute Gasteiger partial charge is 0.354 e. The lowest BCUT2D eigenvalue weighted by atomic mass is 10.1. The molecule has 0 radical (unpaired) electrons. The number of amides is 2. The summed E-state index contributed by atoms with van der Waals surface area (Å²) in [5.41, 5.74) is 1.77. The van der Waals surface area contributed by atoms with Gasteiger partial charge in [-0.1, -0.05) is 15.9 Å². The van der Waals surface area contributed by atoms with Gasteiger partial charge in [-0.05, 0) is 60.8 Å². The number of likely N-dealkylation sites (N-methyl/N-ethyl adjacent to an activating group) is 1. The lowest BCUT2D eigenvalue weighted by molar-refractivity contribution is -0.121. The summed E-state index contributed by atoms with van der Waals surface area (Å²) in [6.45, 7) is 0.856. The first-order valence-corrected chi connectivity index (χ1v) is 9.70. The first-order chi connectivity index (χ1) is 12.0. The SMILES string of the molecule is CN(C)[C@@H](CNC(=O)CCNC(=O)c1ccc(Br)cc1)c1ccsc1. The Kier molecular flexibility index (Phi) is 7.61. The van der Waals surface area contributed by atoms with Crippen LogP contribution in [0.2, 0.25) is 0 Å². The predicted octanol–water partition coefficient (Wildman–Crippen LogP) is 3.05. The van der Waals surface area contributed by atoms with Crippen LogP contribution >= 0.6 is 27.3 Å². The van der Waals surface area contributed by atoms with Gasteiger partial charge in [0, 0.05) is 29.5 Å². The van der Waals surface area contributed by atoms with Crippen LogP contribution in [0.15, 0.2) is 45.6 Å². The number of halogens is 1. The lowest BCUT2D eigenvalue weighted by Crippen LogP contribution is -2.36. The number of nitrogens with one attached hydrogen (secondary N) is 2. The van der Waals surface area contributed by atoms with Gasteiger partial charge in [-0.3, -0.25) is 9.59 Å². The van der Waals surface area contributed by atoms with Crippen LogP contribution in [0.5, 0.6) is 0 Å². The molecule has 2 rings (SSSR count). The van der Waals surface area contributed by atoms with E-state index in [1.807, 2.05) is 31.6 Å². The second-order valence-corrected chi connectivity index (χ2v) is 7.55. The molecule has 0 bridgehead atoms. The van der Waals surface area contributed by atoms with Gasteiger partial charge in [0.2, 0.25) is 5.91 Å². The summed E-state index contributed by atoms with van der Waals surface area (Å²) >= 11 is 4.98. The molecule has 1 heterocycles. The number of nitrogens with zero attached hydrogens (tertiary/aromatic N) is 1. The first-order valence-electron chi connectivity index (χ1n) is 7.96. The molecule has 0 aliphatic rings. The number of hydrogen-bond donors (Lipinski definition) is 2. The summed E-state index contributed by atoms with van der Waals surface area (Å²) in [5, 5.41) is 9.83. The fourth-order valence-corrected chi connectivity index (χ4v) is 3.33. The Morgan fingerprint density at radius 2 is 1.88 bits per heavy atom. The van der Waals surface area contributed by atoms with Crippen LogP contribution in [0.1, 0.15) is 28.4 Å². The van der Waals surface area contributed by atoms with E-state index in [4.69, 9.17) is 0 Å². The Hall–Kier alpha value is -1.70. The Morgan fingerprint density at radius 1 is 1.16 bits per heavy atom. The van der Waals surface area contributed by atoms with Gasteiger partial charge in [0.05, 0.1) is 6.04 Å². The average molecular weight is 424 g/mol. The van der Waals surface area contributed by atoms with Gasteiger partial charge >= 0.3 is 0 Å². The molecular formula is C18H22BrN3O2S. The van der Waals surface area contributed by atoms with E-state index in [0.717, 1.165) is 4.47 Å². The van der Waals surface area contributed by atoms with Crippen molar-refractivity contribution in [2.24, 2.45) is 0 Å². The van der Waals surface area contributed by atoms with Gasteiger partial charge in [0.15, 0.2) is 0 Å². The smallest absolute Gasteiger partial charge is 0.251 e. The molecule has 2 amide bonds. The van der Waals surface area contributed by atoms with Crippen molar-refractivity contribution >= 4 is 39.1 Å². The van der Waals surface area contributed by atoms with Gasteiger partial charge in [0.1, 0.15) is 0 Å². The van der Waals surface area contributed by atoms with E-state index in [-0.39, 0.29) is 24.3 Å². The van der Waals surface area contributed by atoms with Crippen molar-refractivity contribution in [3.05, 3.63) is 56.7 Å². The highest BCUT2D eigenvalue weighted by atomic mass is 79.9. The number of rotatable bonds is 8. The normalized spacial score (nSPS) is 12.0. The summed E-state index contributed by atoms with van der Waals surface area (Å²) in [6.07, 6.45) is 0.256. The lowest BCUT2D eigenvalue weighted by Gasteiger charge is -2.24. The molecule has 25 heavy (non-hydrogen) atoms. The maximum atomic E-state index is 12.0. The van der Waals surface area contributed by atoms with Gasteiger partial charge < -0.3 is 15.5 Å². The van der Waals surface area contributed by atoms with Crippen LogP contribution in [0.3, 0.4) is 0 Å². The first kappa shape index (κ1) is 19.6. The van der Waals surface area contributed by atoms with E-state index < -0.39 is 0 Å². The molecule has 2 N–H and O–H groups in total. The molecule has 0 saturated carbocycles. The number of benzene rings is 1. The molecule has 0 unspecified atom stereocenters. The van der Waals surface area contributed by atoms with E-state index in [0.29, 0.717) is 18.7 Å². The quantitative estimate of drug-likeness (QED) is 0.685. The van der Waals surface area contributed by atoms with Crippen molar-refractivity contribution in [3.8, 4) is 0 Å². The topological polar surface area (TPSA) is 61.4 Å².